The van der Waals surface area contributed by atoms with Crippen LogP contribution >= 0.6 is 11.3 Å². The van der Waals surface area contributed by atoms with Crippen molar-refractivity contribution in [1.29, 1.82) is 0 Å². The number of aryl methyl sites for hydroxylation is 1. The molecule has 3 rings (SSSR count). The first-order valence-corrected chi connectivity index (χ1v) is 9.40. The lowest BCUT2D eigenvalue weighted by atomic mass is 10.1. The van der Waals surface area contributed by atoms with Gasteiger partial charge in [-0.25, -0.2) is 4.79 Å². The zero-order chi connectivity index (χ0) is 20.3. The number of esters is 1. The second-order valence-corrected chi connectivity index (χ2v) is 7.31. The molecule has 28 heavy (non-hydrogen) atoms. The van der Waals surface area contributed by atoms with Crippen LogP contribution in [0.2, 0.25) is 0 Å². The van der Waals surface area contributed by atoms with Gasteiger partial charge in [-0.2, -0.15) is 0 Å². The number of benzene rings is 2. The third kappa shape index (κ3) is 4.02. The Balaban J connectivity index is 2.01. The standard InChI is InChI=1S/C22H19NO4S/c1-14-6-4-5-7-17(14)18(24)13-20-23(2)21(25)19(28-20)12-15-8-10-16(11-9-15)22(26)27-3/h4-13H,1-3H3/b19-12-,20-13-. The highest BCUT2D eigenvalue weighted by molar-refractivity contribution is 7.07. The Bertz CT molecular complexity index is 1220. The summed E-state index contributed by atoms with van der Waals surface area (Å²) < 4.78 is 7.24. The molecule has 0 aliphatic rings. The Hall–Kier alpha value is -3.25. The first-order valence-electron chi connectivity index (χ1n) is 8.58. The van der Waals surface area contributed by atoms with Crippen LogP contribution in [0.25, 0.3) is 12.2 Å². The van der Waals surface area contributed by atoms with E-state index in [4.69, 9.17) is 0 Å². The van der Waals surface area contributed by atoms with Crippen molar-refractivity contribution >= 4 is 35.2 Å². The summed E-state index contributed by atoms with van der Waals surface area (Å²) in [4.78, 5) is 36.6. The molecule has 1 heterocycles. The molecule has 2 aromatic carbocycles. The number of hydrogen-bond acceptors (Lipinski definition) is 5. The zero-order valence-electron chi connectivity index (χ0n) is 15.8. The Labute approximate surface area is 165 Å². The summed E-state index contributed by atoms with van der Waals surface area (Å²) in [5.74, 6) is -0.547. The molecule has 0 amide bonds. The van der Waals surface area contributed by atoms with Gasteiger partial charge in [-0.05, 0) is 36.3 Å². The van der Waals surface area contributed by atoms with E-state index in [0.717, 1.165) is 11.1 Å². The molecule has 0 spiro atoms. The molecule has 0 N–H and O–H groups in total. The smallest absolute Gasteiger partial charge is 0.337 e. The monoisotopic (exact) mass is 393 g/mol. The number of rotatable bonds is 4. The highest BCUT2D eigenvalue weighted by Crippen LogP contribution is 2.08. The summed E-state index contributed by atoms with van der Waals surface area (Å²) in [5, 5.41) is 0. The summed E-state index contributed by atoms with van der Waals surface area (Å²) in [5.41, 5.74) is 2.56. The molecule has 0 atom stereocenters. The van der Waals surface area contributed by atoms with Gasteiger partial charge in [0.25, 0.3) is 5.56 Å². The predicted molar refractivity (Wildman–Crippen MR) is 110 cm³/mol. The quantitative estimate of drug-likeness (QED) is 0.503. The van der Waals surface area contributed by atoms with Crippen molar-refractivity contribution < 1.29 is 14.3 Å². The van der Waals surface area contributed by atoms with Crippen LogP contribution in [-0.2, 0) is 11.8 Å². The molecule has 0 saturated carbocycles. The number of methoxy groups -OCH3 is 1. The second-order valence-electron chi connectivity index (χ2n) is 6.25. The SMILES string of the molecule is COC(=O)c1ccc(/C=c2\s/c(=C\C(=O)c3ccccc3C)n(C)c2=O)cc1. The van der Waals surface area contributed by atoms with E-state index < -0.39 is 5.97 Å². The normalized spacial score (nSPS) is 12.2. The molecule has 0 bridgehead atoms. The molecule has 0 radical (unpaired) electrons. The third-order valence-electron chi connectivity index (χ3n) is 4.36. The van der Waals surface area contributed by atoms with Crippen LogP contribution < -0.4 is 14.8 Å². The van der Waals surface area contributed by atoms with E-state index in [9.17, 15) is 14.4 Å². The number of Topliss-reactive ketones (excluding diaryl/α,β-unsaturated/α-hetero) is 1. The molecule has 0 aliphatic carbocycles. The van der Waals surface area contributed by atoms with Crippen molar-refractivity contribution in [3.05, 3.63) is 90.3 Å². The lowest BCUT2D eigenvalue weighted by Gasteiger charge is -1.99. The lowest BCUT2D eigenvalue weighted by molar-refractivity contribution is 0.0600. The van der Waals surface area contributed by atoms with E-state index in [0.29, 0.717) is 20.3 Å². The molecular weight excluding hydrogens is 374 g/mol. The van der Waals surface area contributed by atoms with Crippen LogP contribution in [-0.4, -0.2) is 23.4 Å². The van der Waals surface area contributed by atoms with Crippen LogP contribution in [0.3, 0.4) is 0 Å². The molecule has 5 nitrogen and oxygen atoms in total. The molecule has 0 saturated heterocycles. The number of carbonyl (C=O) groups excluding carboxylic acids is 2. The number of ketones is 1. The summed E-state index contributed by atoms with van der Waals surface area (Å²) in [6.07, 6.45) is 3.23. The maximum Gasteiger partial charge on any atom is 0.337 e. The average Bonchev–Trinajstić information content (AvgIpc) is 2.96. The number of carbonyl (C=O) groups is 2. The summed E-state index contributed by atoms with van der Waals surface area (Å²) in [6.45, 7) is 1.88. The van der Waals surface area contributed by atoms with Gasteiger partial charge in [0.2, 0.25) is 0 Å². The molecule has 3 aromatic rings. The molecule has 0 aliphatic heterocycles. The van der Waals surface area contributed by atoms with Crippen LogP contribution in [0.5, 0.6) is 0 Å². The Morgan fingerprint density at radius 1 is 1.07 bits per heavy atom. The maximum atomic E-state index is 12.6. The van der Waals surface area contributed by atoms with Crippen molar-refractivity contribution in [2.24, 2.45) is 7.05 Å². The largest absolute Gasteiger partial charge is 0.465 e. The zero-order valence-corrected chi connectivity index (χ0v) is 16.6. The number of aromatic nitrogens is 1. The van der Waals surface area contributed by atoms with Gasteiger partial charge in [-0.15, -0.1) is 11.3 Å². The van der Waals surface area contributed by atoms with Gasteiger partial charge >= 0.3 is 5.97 Å². The fourth-order valence-electron chi connectivity index (χ4n) is 2.73. The fraction of sp³-hybridized carbons (Fsp3) is 0.136. The summed E-state index contributed by atoms with van der Waals surface area (Å²) in [6, 6.07) is 14.1. The van der Waals surface area contributed by atoms with Crippen molar-refractivity contribution in [3.63, 3.8) is 0 Å². The fourth-order valence-corrected chi connectivity index (χ4v) is 3.76. The minimum absolute atomic E-state index is 0.135. The van der Waals surface area contributed by atoms with Crippen molar-refractivity contribution in [1.82, 2.24) is 4.57 Å². The Morgan fingerprint density at radius 2 is 1.75 bits per heavy atom. The molecule has 0 fully saturated rings. The van der Waals surface area contributed by atoms with Crippen molar-refractivity contribution in [3.8, 4) is 0 Å². The van der Waals surface area contributed by atoms with Crippen molar-refractivity contribution in [2.75, 3.05) is 7.11 Å². The van der Waals surface area contributed by atoms with Crippen LogP contribution in [0.4, 0.5) is 0 Å². The minimum atomic E-state index is -0.412. The minimum Gasteiger partial charge on any atom is -0.465 e. The molecule has 0 unspecified atom stereocenters. The van der Waals surface area contributed by atoms with Crippen LogP contribution in [0.1, 0.15) is 31.8 Å². The Kier molecular flexibility index (Phi) is 5.70. The van der Waals surface area contributed by atoms with E-state index in [1.54, 1.807) is 43.5 Å². The number of hydrogen-bond donors (Lipinski definition) is 0. The second kappa shape index (κ2) is 8.19. The Morgan fingerprint density at radius 3 is 2.39 bits per heavy atom. The van der Waals surface area contributed by atoms with Gasteiger partial charge in [0.05, 0.1) is 17.2 Å². The van der Waals surface area contributed by atoms with E-state index in [1.807, 2.05) is 25.1 Å². The van der Waals surface area contributed by atoms with Crippen LogP contribution in [0.15, 0.2) is 53.3 Å². The van der Waals surface area contributed by atoms with E-state index in [-0.39, 0.29) is 11.3 Å². The highest BCUT2D eigenvalue weighted by atomic mass is 32.1. The van der Waals surface area contributed by atoms with Gasteiger partial charge < -0.3 is 9.30 Å². The van der Waals surface area contributed by atoms with Gasteiger partial charge in [0, 0.05) is 18.7 Å². The van der Waals surface area contributed by atoms with Crippen LogP contribution in [0, 0.1) is 6.92 Å². The van der Waals surface area contributed by atoms with Gasteiger partial charge in [-0.3, -0.25) is 9.59 Å². The lowest BCUT2D eigenvalue weighted by Crippen LogP contribution is -2.29. The number of ether oxygens (including phenoxy) is 1. The number of thiazole rings is 1. The van der Waals surface area contributed by atoms with Gasteiger partial charge in [0.15, 0.2) is 5.78 Å². The molecule has 1 aromatic heterocycles. The summed E-state index contributed by atoms with van der Waals surface area (Å²) in [7, 11) is 2.97. The first kappa shape index (κ1) is 19.5. The van der Waals surface area contributed by atoms with Gasteiger partial charge in [-0.1, -0.05) is 36.4 Å². The highest BCUT2D eigenvalue weighted by Gasteiger charge is 2.08. The van der Waals surface area contributed by atoms with E-state index in [1.165, 1.54) is 29.1 Å². The predicted octanol–water partition coefficient (Wildman–Crippen LogP) is 2.03. The molecular formula is C22H19NO4S. The molecule has 142 valence electrons. The van der Waals surface area contributed by atoms with Gasteiger partial charge in [0.1, 0.15) is 4.66 Å². The number of nitrogens with zero attached hydrogens (tertiary/aromatic N) is 1. The van der Waals surface area contributed by atoms with E-state index in [2.05, 4.69) is 4.74 Å². The first-order chi connectivity index (χ1) is 13.4. The topological polar surface area (TPSA) is 65.4 Å². The molecule has 6 heteroatoms. The maximum absolute atomic E-state index is 12.6. The summed E-state index contributed by atoms with van der Waals surface area (Å²) >= 11 is 1.25. The van der Waals surface area contributed by atoms with Crippen molar-refractivity contribution in [2.45, 2.75) is 6.92 Å². The van der Waals surface area contributed by atoms with E-state index >= 15 is 0 Å². The third-order valence-corrected chi connectivity index (χ3v) is 5.47. The average molecular weight is 393 g/mol.